The van der Waals surface area contributed by atoms with Crippen molar-refractivity contribution in [2.75, 3.05) is 5.32 Å². The fourth-order valence-corrected chi connectivity index (χ4v) is 2.45. The molecule has 1 aromatic carbocycles. The highest BCUT2D eigenvalue weighted by atomic mass is 79.9. The summed E-state index contributed by atoms with van der Waals surface area (Å²) < 4.78 is 15.5. The van der Waals surface area contributed by atoms with E-state index >= 15 is 0 Å². The molecule has 1 atom stereocenters. The van der Waals surface area contributed by atoms with Gasteiger partial charge in [-0.2, -0.15) is 5.10 Å². The molecule has 1 N–H and O–H groups in total. The second kappa shape index (κ2) is 6.39. The van der Waals surface area contributed by atoms with E-state index in [-0.39, 0.29) is 23.5 Å². The first-order chi connectivity index (χ1) is 9.91. The third-order valence-electron chi connectivity index (χ3n) is 3.18. The molecule has 1 aromatic heterocycles. The number of nitrogens with one attached hydrogen (secondary N) is 1. The second-order valence-corrected chi connectivity index (χ2v) is 5.90. The van der Waals surface area contributed by atoms with E-state index in [1.807, 2.05) is 20.8 Å². The van der Waals surface area contributed by atoms with Crippen LogP contribution in [-0.4, -0.2) is 9.78 Å². The van der Waals surface area contributed by atoms with Crippen molar-refractivity contribution in [3.8, 4) is 0 Å². The Bertz CT molecular complexity index is 700. The molecule has 0 spiro atoms. The summed E-state index contributed by atoms with van der Waals surface area (Å²) in [7, 11) is 0. The lowest BCUT2D eigenvalue weighted by molar-refractivity contribution is 0.500. The summed E-state index contributed by atoms with van der Waals surface area (Å²) in [4.78, 5) is 12.2. The molecule has 0 bridgehead atoms. The van der Waals surface area contributed by atoms with E-state index in [1.54, 1.807) is 24.4 Å². The van der Waals surface area contributed by atoms with Gasteiger partial charge in [0.1, 0.15) is 10.3 Å². The number of halogens is 2. The number of aromatic nitrogens is 2. The van der Waals surface area contributed by atoms with Crippen LogP contribution in [0.5, 0.6) is 0 Å². The Morgan fingerprint density at radius 3 is 2.57 bits per heavy atom. The van der Waals surface area contributed by atoms with Crippen LogP contribution in [0, 0.1) is 5.82 Å². The van der Waals surface area contributed by atoms with Crippen molar-refractivity contribution in [1.29, 1.82) is 0 Å². The van der Waals surface area contributed by atoms with E-state index < -0.39 is 0 Å². The molecule has 0 aliphatic rings. The van der Waals surface area contributed by atoms with Crippen LogP contribution in [0.1, 0.15) is 38.4 Å². The van der Waals surface area contributed by atoms with E-state index in [0.29, 0.717) is 15.7 Å². The van der Waals surface area contributed by atoms with Gasteiger partial charge in [-0.15, -0.1) is 0 Å². The number of nitrogens with zero attached hydrogens (tertiary/aromatic N) is 2. The van der Waals surface area contributed by atoms with Crippen LogP contribution in [0.15, 0.2) is 39.7 Å². The quantitative estimate of drug-likeness (QED) is 0.906. The van der Waals surface area contributed by atoms with Crippen molar-refractivity contribution >= 4 is 21.6 Å². The molecule has 2 rings (SSSR count). The first-order valence-corrected chi connectivity index (χ1v) is 7.49. The number of rotatable bonds is 4. The predicted octanol–water partition coefficient (Wildman–Crippen LogP) is 3.90. The zero-order valence-corrected chi connectivity index (χ0v) is 13.7. The average molecular weight is 354 g/mol. The topological polar surface area (TPSA) is 46.9 Å². The summed E-state index contributed by atoms with van der Waals surface area (Å²) in [6.45, 7) is 5.60. The van der Waals surface area contributed by atoms with Gasteiger partial charge < -0.3 is 5.32 Å². The van der Waals surface area contributed by atoms with Crippen LogP contribution in [-0.2, 0) is 0 Å². The Balaban J connectivity index is 2.31. The van der Waals surface area contributed by atoms with Gasteiger partial charge in [-0.1, -0.05) is 18.2 Å². The third-order valence-corrected chi connectivity index (χ3v) is 3.94. The SMILES string of the molecule is CC(Nc1cnn(C(C)C)c(=O)c1Br)c1ccccc1F. The fraction of sp³-hybridized carbons (Fsp3) is 0.333. The smallest absolute Gasteiger partial charge is 0.283 e. The summed E-state index contributed by atoms with van der Waals surface area (Å²) in [5.74, 6) is -0.280. The van der Waals surface area contributed by atoms with Gasteiger partial charge in [0.25, 0.3) is 5.56 Å². The summed E-state index contributed by atoms with van der Waals surface area (Å²) in [6, 6.07) is 6.25. The first-order valence-electron chi connectivity index (χ1n) is 6.70. The minimum Gasteiger partial charge on any atom is -0.376 e. The standard InChI is InChI=1S/C15H17BrFN3O/c1-9(2)20-15(21)14(16)13(8-18-20)19-10(3)11-6-4-5-7-12(11)17/h4-10,19H,1-3H3. The molecule has 0 saturated heterocycles. The first kappa shape index (κ1) is 15.7. The minimum absolute atomic E-state index is 0.0214. The van der Waals surface area contributed by atoms with Crippen molar-refractivity contribution in [2.24, 2.45) is 0 Å². The highest BCUT2D eigenvalue weighted by molar-refractivity contribution is 9.10. The summed E-state index contributed by atoms with van der Waals surface area (Å²) in [6.07, 6.45) is 1.57. The van der Waals surface area contributed by atoms with E-state index in [9.17, 15) is 9.18 Å². The van der Waals surface area contributed by atoms with E-state index in [1.165, 1.54) is 10.7 Å². The lowest BCUT2D eigenvalue weighted by atomic mass is 10.1. The monoisotopic (exact) mass is 353 g/mol. The van der Waals surface area contributed by atoms with Crippen molar-refractivity contribution in [3.63, 3.8) is 0 Å². The third kappa shape index (κ3) is 3.32. The molecular weight excluding hydrogens is 337 g/mol. The number of benzene rings is 1. The van der Waals surface area contributed by atoms with Crippen LogP contribution in [0.4, 0.5) is 10.1 Å². The summed E-state index contributed by atoms with van der Waals surface area (Å²) in [5, 5.41) is 7.24. The normalized spacial score (nSPS) is 12.5. The molecule has 6 heteroatoms. The van der Waals surface area contributed by atoms with E-state index in [4.69, 9.17) is 0 Å². The average Bonchev–Trinajstić information content (AvgIpc) is 2.44. The van der Waals surface area contributed by atoms with Gasteiger partial charge in [0.05, 0.1) is 24.0 Å². The number of anilines is 1. The van der Waals surface area contributed by atoms with Crippen molar-refractivity contribution < 1.29 is 4.39 Å². The molecule has 112 valence electrons. The Morgan fingerprint density at radius 2 is 1.95 bits per heavy atom. The highest BCUT2D eigenvalue weighted by Crippen LogP contribution is 2.24. The Labute approximate surface area is 131 Å². The van der Waals surface area contributed by atoms with E-state index in [0.717, 1.165) is 0 Å². The molecule has 0 saturated carbocycles. The Kier molecular flexibility index (Phi) is 4.77. The van der Waals surface area contributed by atoms with Gasteiger partial charge in [-0.25, -0.2) is 9.07 Å². The van der Waals surface area contributed by atoms with Gasteiger partial charge in [0.15, 0.2) is 0 Å². The molecule has 0 aliphatic heterocycles. The molecule has 1 heterocycles. The van der Waals surface area contributed by atoms with Gasteiger partial charge in [0.2, 0.25) is 0 Å². The lowest BCUT2D eigenvalue weighted by Gasteiger charge is -2.18. The van der Waals surface area contributed by atoms with E-state index in [2.05, 4.69) is 26.3 Å². The molecule has 0 aliphatic carbocycles. The van der Waals surface area contributed by atoms with Crippen LogP contribution in [0.25, 0.3) is 0 Å². The maximum absolute atomic E-state index is 13.8. The highest BCUT2D eigenvalue weighted by Gasteiger charge is 2.15. The number of hydrogen-bond donors (Lipinski definition) is 1. The molecular formula is C15H17BrFN3O. The molecule has 21 heavy (non-hydrogen) atoms. The lowest BCUT2D eigenvalue weighted by Crippen LogP contribution is -2.26. The van der Waals surface area contributed by atoms with Crippen molar-refractivity contribution in [1.82, 2.24) is 9.78 Å². The van der Waals surface area contributed by atoms with Crippen molar-refractivity contribution in [3.05, 3.63) is 56.7 Å². The Morgan fingerprint density at radius 1 is 1.29 bits per heavy atom. The summed E-state index contributed by atoms with van der Waals surface area (Å²) >= 11 is 3.29. The molecule has 0 radical (unpaired) electrons. The second-order valence-electron chi connectivity index (χ2n) is 5.10. The minimum atomic E-state index is -0.280. The van der Waals surface area contributed by atoms with Crippen molar-refractivity contribution in [2.45, 2.75) is 32.9 Å². The van der Waals surface area contributed by atoms with Gasteiger partial charge in [-0.05, 0) is 42.8 Å². The van der Waals surface area contributed by atoms with Crippen LogP contribution >= 0.6 is 15.9 Å². The van der Waals surface area contributed by atoms with Gasteiger partial charge in [-0.3, -0.25) is 4.79 Å². The maximum Gasteiger partial charge on any atom is 0.283 e. The molecule has 1 unspecified atom stereocenters. The fourth-order valence-electron chi connectivity index (χ4n) is 2.05. The predicted molar refractivity (Wildman–Crippen MR) is 85.0 cm³/mol. The molecule has 0 amide bonds. The molecule has 2 aromatic rings. The molecule has 0 fully saturated rings. The number of hydrogen-bond acceptors (Lipinski definition) is 3. The van der Waals surface area contributed by atoms with Crippen LogP contribution < -0.4 is 10.9 Å². The Hall–Kier alpha value is -1.69. The van der Waals surface area contributed by atoms with Gasteiger partial charge >= 0.3 is 0 Å². The zero-order chi connectivity index (χ0) is 15.6. The summed E-state index contributed by atoms with van der Waals surface area (Å²) in [5.41, 5.74) is 0.876. The molecule has 4 nitrogen and oxygen atoms in total. The van der Waals surface area contributed by atoms with Crippen LogP contribution in [0.3, 0.4) is 0 Å². The largest absolute Gasteiger partial charge is 0.376 e. The maximum atomic E-state index is 13.8. The van der Waals surface area contributed by atoms with Gasteiger partial charge in [0, 0.05) is 5.56 Å². The van der Waals surface area contributed by atoms with Crippen LogP contribution in [0.2, 0.25) is 0 Å². The zero-order valence-electron chi connectivity index (χ0n) is 12.1.